The Balaban J connectivity index is 1.88. The highest BCUT2D eigenvalue weighted by Crippen LogP contribution is 2.31. The quantitative estimate of drug-likeness (QED) is 0.637. The van der Waals surface area contributed by atoms with Crippen LogP contribution in [0, 0.1) is 0 Å². The molecule has 2 rings (SSSR count). The first kappa shape index (κ1) is 16.1. The molecule has 114 valence electrons. The van der Waals surface area contributed by atoms with Gasteiger partial charge in [0.25, 0.3) is 0 Å². The minimum absolute atomic E-state index is 0.757. The van der Waals surface area contributed by atoms with Gasteiger partial charge in [-0.25, -0.2) is 0 Å². The molecule has 0 aromatic heterocycles. The van der Waals surface area contributed by atoms with Gasteiger partial charge in [-0.15, -0.1) is 0 Å². The Morgan fingerprint density at radius 1 is 0.952 bits per heavy atom. The minimum atomic E-state index is 0.757. The SMILES string of the molecule is CCN(CC)CCCCOc1ccc(Cl)c2ccccc12. The standard InChI is InChI=1S/C18H24ClNO/c1-3-20(4-2)13-7-8-14-21-18-12-11-17(19)15-9-5-6-10-16(15)18/h5-6,9-12H,3-4,7-8,13-14H2,1-2H3. The second kappa shape index (κ2) is 8.26. The van der Waals surface area contributed by atoms with Crippen molar-refractivity contribution in [2.45, 2.75) is 26.7 Å². The van der Waals surface area contributed by atoms with Gasteiger partial charge < -0.3 is 9.64 Å². The Kier molecular flexibility index (Phi) is 6.34. The molecule has 0 atom stereocenters. The number of unbranched alkanes of at least 4 members (excludes halogenated alkanes) is 1. The molecule has 0 aliphatic heterocycles. The third-order valence-corrected chi connectivity index (χ3v) is 4.18. The van der Waals surface area contributed by atoms with Crippen molar-refractivity contribution in [1.29, 1.82) is 0 Å². The van der Waals surface area contributed by atoms with Gasteiger partial charge in [-0.1, -0.05) is 49.7 Å². The molecule has 0 fully saturated rings. The highest BCUT2D eigenvalue weighted by molar-refractivity contribution is 6.35. The molecule has 0 spiro atoms. The molecule has 0 saturated carbocycles. The topological polar surface area (TPSA) is 12.5 Å². The van der Waals surface area contributed by atoms with Crippen molar-refractivity contribution in [2.75, 3.05) is 26.2 Å². The van der Waals surface area contributed by atoms with Crippen LogP contribution in [0.15, 0.2) is 36.4 Å². The van der Waals surface area contributed by atoms with Crippen LogP contribution < -0.4 is 4.74 Å². The smallest absolute Gasteiger partial charge is 0.127 e. The number of benzene rings is 2. The Hall–Kier alpha value is -1.25. The van der Waals surface area contributed by atoms with Crippen LogP contribution in [-0.2, 0) is 0 Å². The normalized spacial score (nSPS) is 11.2. The molecular weight excluding hydrogens is 282 g/mol. The average molecular weight is 306 g/mol. The van der Waals surface area contributed by atoms with Crippen LogP contribution in [0.3, 0.4) is 0 Å². The lowest BCUT2D eigenvalue weighted by atomic mass is 10.1. The van der Waals surface area contributed by atoms with Gasteiger partial charge in [0, 0.05) is 15.8 Å². The molecular formula is C18H24ClNO. The van der Waals surface area contributed by atoms with Gasteiger partial charge in [0.2, 0.25) is 0 Å². The van der Waals surface area contributed by atoms with Gasteiger partial charge in [-0.2, -0.15) is 0 Å². The zero-order valence-electron chi connectivity index (χ0n) is 12.9. The first-order chi connectivity index (χ1) is 10.3. The van der Waals surface area contributed by atoms with E-state index in [0.29, 0.717) is 0 Å². The molecule has 0 N–H and O–H groups in total. The van der Waals surface area contributed by atoms with Crippen LogP contribution in [-0.4, -0.2) is 31.1 Å². The molecule has 3 heteroatoms. The first-order valence-corrected chi connectivity index (χ1v) is 8.16. The summed E-state index contributed by atoms with van der Waals surface area (Å²) >= 11 is 6.22. The van der Waals surface area contributed by atoms with Crippen LogP contribution >= 0.6 is 11.6 Å². The van der Waals surface area contributed by atoms with E-state index in [-0.39, 0.29) is 0 Å². The summed E-state index contributed by atoms with van der Waals surface area (Å²) in [7, 11) is 0. The lowest BCUT2D eigenvalue weighted by molar-refractivity contribution is 0.267. The summed E-state index contributed by atoms with van der Waals surface area (Å²) < 4.78 is 5.95. The Morgan fingerprint density at radius 2 is 1.67 bits per heavy atom. The second-order valence-corrected chi connectivity index (χ2v) is 5.58. The van der Waals surface area contributed by atoms with E-state index in [9.17, 15) is 0 Å². The monoisotopic (exact) mass is 305 g/mol. The highest BCUT2D eigenvalue weighted by Gasteiger charge is 2.05. The molecule has 0 aliphatic carbocycles. The van der Waals surface area contributed by atoms with E-state index in [4.69, 9.17) is 16.3 Å². The molecule has 0 heterocycles. The zero-order valence-corrected chi connectivity index (χ0v) is 13.7. The fourth-order valence-electron chi connectivity index (χ4n) is 2.52. The molecule has 0 radical (unpaired) electrons. The number of fused-ring (bicyclic) bond motifs is 1. The van der Waals surface area contributed by atoms with E-state index in [1.165, 1.54) is 6.42 Å². The molecule has 2 aromatic rings. The molecule has 21 heavy (non-hydrogen) atoms. The molecule has 0 bridgehead atoms. The van der Waals surface area contributed by atoms with Crippen molar-refractivity contribution >= 4 is 22.4 Å². The number of hydrogen-bond donors (Lipinski definition) is 0. The lowest BCUT2D eigenvalue weighted by Crippen LogP contribution is -2.24. The van der Waals surface area contributed by atoms with Crippen molar-refractivity contribution in [3.63, 3.8) is 0 Å². The maximum Gasteiger partial charge on any atom is 0.127 e. The minimum Gasteiger partial charge on any atom is -0.493 e. The third kappa shape index (κ3) is 4.36. The molecule has 0 amide bonds. The molecule has 0 aliphatic rings. The van der Waals surface area contributed by atoms with Crippen molar-refractivity contribution in [3.8, 4) is 5.75 Å². The fraction of sp³-hybridized carbons (Fsp3) is 0.444. The number of ether oxygens (including phenoxy) is 1. The van der Waals surface area contributed by atoms with Crippen LogP contribution in [0.25, 0.3) is 10.8 Å². The first-order valence-electron chi connectivity index (χ1n) is 7.78. The van der Waals surface area contributed by atoms with E-state index in [2.05, 4.69) is 24.8 Å². The largest absolute Gasteiger partial charge is 0.493 e. The van der Waals surface area contributed by atoms with Gasteiger partial charge in [-0.05, 0) is 44.6 Å². The Bertz CT molecular complexity index is 566. The molecule has 0 unspecified atom stereocenters. The summed E-state index contributed by atoms with van der Waals surface area (Å²) in [6.07, 6.45) is 2.25. The predicted molar refractivity (Wildman–Crippen MR) is 91.5 cm³/mol. The van der Waals surface area contributed by atoms with Crippen LogP contribution in [0.4, 0.5) is 0 Å². The average Bonchev–Trinajstić information content (AvgIpc) is 2.53. The number of hydrogen-bond acceptors (Lipinski definition) is 2. The number of rotatable bonds is 8. The zero-order chi connectivity index (χ0) is 15.1. The number of nitrogens with zero attached hydrogens (tertiary/aromatic N) is 1. The van der Waals surface area contributed by atoms with E-state index >= 15 is 0 Å². The van der Waals surface area contributed by atoms with Gasteiger partial charge in [-0.3, -0.25) is 0 Å². The summed E-state index contributed by atoms with van der Waals surface area (Å²) in [6, 6.07) is 12.0. The Morgan fingerprint density at radius 3 is 2.38 bits per heavy atom. The molecule has 0 saturated heterocycles. The highest BCUT2D eigenvalue weighted by atomic mass is 35.5. The van der Waals surface area contributed by atoms with Crippen molar-refractivity contribution in [3.05, 3.63) is 41.4 Å². The van der Waals surface area contributed by atoms with Crippen molar-refractivity contribution in [2.24, 2.45) is 0 Å². The van der Waals surface area contributed by atoms with Gasteiger partial charge >= 0.3 is 0 Å². The van der Waals surface area contributed by atoms with Crippen LogP contribution in [0.2, 0.25) is 5.02 Å². The van der Waals surface area contributed by atoms with E-state index in [1.807, 2.05) is 30.3 Å². The van der Waals surface area contributed by atoms with E-state index < -0.39 is 0 Å². The predicted octanol–water partition coefficient (Wildman–Crippen LogP) is 4.99. The Labute approximate surface area is 132 Å². The van der Waals surface area contributed by atoms with Crippen molar-refractivity contribution in [1.82, 2.24) is 4.90 Å². The fourth-order valence-corrected chi connectivity index (χ4v) is 2.75. The lowest BCUT2D eigenvalue weighted by Gasteiger charge is -2.17. The molecule has 2 aromatic carbocycles. The van der Waals surface area contributed by atoms with E-state index in [0.717, 1.165) is 54.2 Å². The van der Waals surface area contributed by atoms with E-state index in [1.54, 1.807) is 0 Å². The van der Waals surface area contributed by atoms with Gasteiger partial charge in [0.05, 0.1) is 6.61 Å². The summed E-state index contributed by atoms with van der Waals surface area (Å²) in [5, 5.41) is 2.92. The summed E-state index contributed by atoms with van der Waals surface area (Å²) in [5.74, 6) is 0.929. The van der Waals surface area contributed by atoms with Crippen LogP contribution in [0.5, 0.6) is 5.75 Å². The second-order valence-electron chi connectivity index (χ2n) is 5.17. The summed E-state index contributed by atoms with van der Waals surface area (Å²) in [6.45, 7) is 8.57. The maximum absolute atomic E-state index is 6.22. The van der Waals surface area contributed by atoms with Crippen molar-refractivity contribution < 1.29 is 4.74 Å². The van der Waals surface area contributed by atoms with Gasteiger partial charge in [0.15, 0.2) is 0 Å². The molecule has 2 nitrogen and oxygen atoms in total. The summed E-state index contributed by atoms with van der Waals surface area (Å²) in [5.41, 5.74) is 0. The van der Waals surface area contributed by atoms with Gasteiger partial charge in [0.1, 0.15) is 5.75 Å². The van der Waals surface area contributed by atoms with Crippen LogP contribution in [0.1, 0.15) is 26.7 Å². The summed E-state index contributed by atoms with van der Waals surface area (Å²) in [4.78, 5) is 2.44. The maximum atomic E-state index is 6.22. The number of halogens is 1. The third-order valence-electron chi connectivity index (χ3n) is 3.85.